The molecule has 1 fully saturated rings. The summed E-state index contributed by atoms with van der Waals surface area (Å²) in [5, 5.41) is 13.5. The zero-order chi connectivity index (χ0) is 13.3. The van der Waals surface area contributed by atoms with Crippen LogP contribution in [0.15, 0.2) is 11.4 Å². The molecule has 0 aromatic carbocycles. The predicted molar refractivity (Wildman–Crippen MR) is 64.3 cm³/mol. The smallest absolute Gasteiger partial charge is 0.346 e. The number of imide groups is 1. The van der Waals surface area contributed by atoms with E-state index in [1.807, 2.05) is 0 Å². The first-order valence-electron chi connectivity index (χ1n) is 5.34. The van der Waals surface area contributed by atoms with Crippen LogP contribution in [0.2, 0.25) is 0 Å². The number of likely N-dealkylation sites (tertiary alicyclic amines) is 1. The minimum Gasteiger partial charge on any atom is -0.477 e. The molecule has 1 aliphatic rings. The van der Waals surface area contributed by atoms with E-state index in [1.54, 1.807) is 11.4 Å². The molecule has 2 amide bonds. The van der Waals surface area contributed by atoms with E-state index in [1.165, 1.54) is 7.05 Å². The molecule has 1 unspecified atom stereocenters. The lowest BCUT2D eigenvalue weighted by atomic mass is 10.2. The first-order chi connectivity index (χ1) is 8.50. The molecule has 1 aromatic heterocycles. The molecule has 2 N–H and O–H groups in total. The van der Waals surface area contributed by atoms with Crippen LogP contribution < -0.4 is 5.32 Å². The van der Waals surface area contributed by atoms with Gasteiger partial charge in [0.1, 0.15) is 4.88 Å². The Morgan fingerprint density at radius 1 is 1.61 bits per heavy atom. The maximum absolute atomic E-state index is 11.6. The Balaban J connectivity index is 2.00. The summed E-state index contributed by atoms with van der Waals surface area (Å²) in [4.78, 5) is 35.2. The van der Waals surface area contributed by atoms with Crippen molar-refractivity contribution >= 4 is 29.1 Å². The van der Waals surface area contributed by atoms with E-state index in [-0.39, 0.29) is 29.7 Å². The number of carboxylic acids is 1. The van der Waals surface area contributed by atoms with E-state index >= 15 is 0 Å². The summed E-state index contributed by atoms with van der Waals surface area (Å²) in [6.45, 7) is 0.267. The van der Waals surface area contributed by atoms with Crippen molar-refractivity contribution in [3.63, 3.8) is 0 Å². The van der Waals surface area contributed by atoms with Gasteiger partial charge in [-0.15, -0.1) is 11.3 Å². The van der Waals surface area contributed by atoms with Gasteiger partial charge >= 0.3 is 5.97 Å². The van der Waals surface area contributed by atoms with Gasteiger partial charge in [-0.05, 0) is 17.0 Å². The molecule has 96 valence electrons. The van der Waals surface area contributed by atoms with Crippen molar-refractivity contribution in [3.8, 4) is 0 Å². The van der Waals surface area contributed by atoms with Crippen molar-refractivity contribution in [2.75, 3.05) is 7.05 Å². The van der Waals surface area contributed by atoms with Crippen LogP contribution in [0.1, 0.15) is 21.7 Å². The van der Waals surface area contributed by atoms with Crippen LogP contribution in [-0.4, -0.2) is 40.9 Å². The number of carbonyl (C=O) groups is 3. The number of nitrogens with one attached hydrogen (secondary N) is 1. The largest absolute Gasteiger partial charge is 0.477 e. The van der Waals surface area contributed by atoms with Crippen LogP contribution in [0, 0.1) is 0 Å². The number of carbonyl (C=O) groups excluding carboxylic acids is 2. The topological polar surface area (TPSA) is 86.7 Å². The van der Waals surface area contributed by atoms with Crippen molar-refractivity contribution in [3.05, 3.63) is 21.9 Å². The fourth-order valence-corrected chi connectivity index (χ4v) is 2.57. The third kappa shape index (κ3) is 2.27. The molecule has 18 heavy (non-hydrogen) atoms. The van der Waals surface area contributed by atoms with Crippen LogP contribution >= 0.6 is 11.3 Å². The van der Waals surface area contributed by atoms with E-state index in [9.17, 15) is 14.4 Å². The highest BCUT2D eigenvalue weighted by Crippen LogP contribution is 2.18. The van der Waals surface area contributed by atoms with Gasteiger partial charge in [-0.25, -0.2) is 4.79 Å². The number of carboxylic acid groups (broad SMARTS) is 1. The first kappa shape index (κ1) is 12.7. The highest BCUT2D eigenvalue weighted by molar-refractivity contribution is 7.12. The van der Waals surface area contributed by atoms with Gasteiger partial charge in [0.2, 0.25) is 11.8 Å². The van der Waals surface area contributed by atoms with Crippen molar-refractivity contribution in [1.29, 1.82) is 0 Å². The van der Waals surface area contributed by atoms with E-state index in [0.717, 1.165) is 16.2 Å². The molecular formula is C11H12N2O4S. The van der Waals surface area contributed by atoms with Crippen LogP contribution in [-0.2, 0) is 16.1 Å². The third-order valence-electron chi connectivity index (χ3n) is 2.86. The molecule has 0 radical (unpaired) electrons. The monoisotopic (exact) mass is 268 g/mol. The lowest BCUT2D eigenvalue weighted by Crippen LogP contribution is -2.36. The molecule has 2 rings (SSSR count). The average molecular weight is 268 g/mol. The summed E-state index contributed by atoms with van der Waals surface area (Å²) in [5.41, 5.74) is 0.627. The zero-order valence-corrected chi connectivity index (χ0v) is 10.5. The van der Waals surface area contributed by atoms with Crippen LogP contribution in [0.5, 0.6) is 0 Å². The first-order valence-corrected chi connectivity index (χ1v) is 6.22. The fraction of sp³-hybridized carbons (Fsp3) is 0.364. The number of hydrogen-bond acceptors (Lipinski definition) is 5. The van der Waals surface area contributed by atoms with Gasteiger partial charge in [-0.3, -0.25) is 14.5 Å². The fourth-order valence-electron chi connectivity index (χ4n) is 1.81. The Kier molecular flexibility index (Phi) is 3.44. The number of amides is 2. The summed E-state index contributed by atoms with van der Waals surface area (Å²) in [6, 6.07) is 1.15. The van der Waals surface area contributed by atoms with Gasteiger partial charge in [-0.1, -0.05) is 0 Å². The second-order valence-electron chi connectivity index (χ2n) is 4.01. The van der Waals surface area contributed by atoms with Crippen molar-refractivity contribution < 1.29 is 19.5 Å². The molecule has 1 aromatic rings. The molecule has 0 aliphatic carbocycles. The van der Waals surface area contributed by atoms with E-state index in [0.29, 0.717) is 5.56 Å². The number of aromatic carboxylic acids is 1. The third-order valence-corrected chi connectivity index (χ3v) is 3.81. The van der Waals surface area contributed by atoms with Gasteiger partial charge in [0.05, 0.1) is 12.5 Å². The highest BCUT2D eigenvalue weighted by Gasteiger charge is 2.35. The summed E-state index contributed by atoms with van der Waals surface area (Å²) < 4.78 is 0. The van der Waals surface area contributed by atoms with Crippen molar-refractivity contribution in [1.82, 2.24) is 10.2 Å². The molecular weight excluding hydrogens is 256 g/mol. The Morgan fingerprint density at radius 3 is 2.89 bits per heavy atom. The van der Waals surface area contributed by atoms with E-state index in [2.05, 4.69) is 5.32 Å². The normalized spacial score (nSPS) is 19.6. The second kappa shape index (κ2) is 4.87. The van der Waals surface area contributed by atoms with E-state index in [4.69, 9.17) is 5.11 Å². The molecule has 0 bridgehead atoms. The number of hydrogen-bond donors (Lipinski definition) is 2. The van der Waals surface area contributed by atoms with Gasteiger partial charge in [0.15, 0.2) is 0 Å². The number of thiophene rings is 1. The SMILES string of the molecule is CN1C(=O)CC(NCc2ccsc2C(=O)O)C1=O. The Labute approximate surface area is 107 Å². The van der Waals surface area contributed by atoms with Crippen molar-refractivity contribution in [2.24, 2.45) is 0 Å². The minimum atomic E-state index is -0.979. The van der Waals surface area contributed by atoms with Gasteiger partial charge < -0.3 is 10.4 Å². The Morgan fingerprint density at radius 2 is 2.33 bits per heavy atom. The Hall–Kier alpha value is -1.73. The van der Waals surface area contributed by atoms with E-state index < -0.39 is 12.0 Å². The lowest BCUT2D eigenvalue weighted by molar-refractivity contribution is -0.137. The van der Waals surface area contributed by atoms with Crippen LogP contribution in [0.3, 0.4) is 0 Å². The summed E-state index contributed by atoms with van der Waals surface area (Å²) >= 11 is 1.14. The van der Waals surface area contributed by atoms with Crippen LogP contribution in [0.4, 0.5) is 0 Å². The quantitative estimate of drug-likeness (QED) is 0.767. The molecule has 1 atom stereocenters. The van der Waals surface area contributed by atoms with Crippen LogP contribution in [0.25, 0.3) is 0 Å². The molecule has 6 nitrogen and oxygen atoms in total. The summed E-state index contributed by atoms with van der Waals surface area (Å²) in [5.74, 6) is -1.47. The lowest BCUT2D eigenvalue weighted by Gasteiger charge is -2.10. The molecule has 1 aliphatic heterocycles. The zero-order valence-electron chi connectivity index (χ0n) is 9.67. The number of nitrogens with zero attached hydrogens (tertiary/aromatic N) is 1. The van der Waals surface area contributed by atoms with Gasteiger partial charge in [0, 0.05) is 13.6 Å². The molecule has 1 saturated heterocycles. The Bertz CT molecular complexity index is 511. The minimum absolute atomic E-state index is 0.127. The molecule has 0 saturated carbocycles. The van der Waals surface area contributed by atoms with Gasteiger partial charge in [0.25, 0.3) is 0 Å². The standard InChI is InChI=1S/C11H12N2O4S/c1-13-8(14)4-7(10(13)15)12-5-6-2-3-18-9(6)11(16)17/h2-3,7,12H,4-5H2,1H3,(H,16,17). The second-order valence-corrected chi connectivity index (χ2v) is 4.92. The number of rotatable bonds is 4. The summed E-state index contributed by atoms with van der Waals surface area (Å²) in [6.07, 6.45) is 0.127. The maximum atomic E-state index is 11.6. The molecule has 0 spiro atoms. The van der Waals surface area contributed by atoms with Crippen molar-refractivity contribution in [2.45, 2.75) is 19.0 Å². The molecule has 7 heteroatoms. The highest BCUT2D eigenvalue weighted by atomic mass is 32.1. The average Bonchev–Trinajstić information content (AvgIpc) is 2.88. The summed E-state index contributed by atoms with van der Waals surface area (Å²) in [7, 11) is 1.44. The number of likely N-dealkylation sites (N-methyl/N-ethyl adjacent to an activating group) is 1. The molecule has 2 heterocycles. The van der Waals surface area contributed by atoms with Gasteiger partial charge in [-0.2, -0.15) is 0 Å². The predicted octanol–water partition coefficient (Wildman–Crippen LogP) is 0.293. The maximum Gasteiger partial charge on any atom is 0.346 e.